The first-order valence-electron chi connectivity index (χ1n) is 3.24. The van der Waals surface area contributed by atoms with Crippen molar-refractivity contribution in [1.29, 1.82) is 0 Å². The Hall–Kier alpha value is -1.26. The molecule has 0 bridgehead atoms. The maximum atomic E-state index is 10.5. The SMILES string of the molecule is N.N.O=C(O)C(=O)OC(=O)C(=O)OC(=O)C(=O)O.[SnH2].[SnH2]. The van der Waals surface area contributed by atoms with E-state index in [0.717, 1.165) is 0 Å². The number of rotatable bonds is 0. The van der Waals surface area contributed by atoms with Gasteiger partial charge in [-0.05, 0) is 0 Å². The van der Waals surface area contributed by atoms with Crippen LogP contribution in [0.2, 0.25) is 0 Å². The number of esters is 4. The number of hydrogen-bond donors (Lipinski definition) is 4. The summed E-state index contributed by atoms with van der Waals surface area (Å²) < 4.78 is 6.71. The van der Waals surface area contributed by atoms with Crippen LogP contribution in [0.25, 0.3) is 0 Å². The number of carbonyl (C=O) groups is 6. The maximum absolute atomic E-state index is 10.5. The minimum atomic E-state index is -2.16. The molecule has 0 rings (SSSR count). The molecule has 20 heavy (non-hydrogen) atoms. The summed E-state index contributed by atoms with van der Waals surface area (Å²) in [5, 5.41) is 15.9. The fraction of sp³-hybridized carbons (Fsp3) is 0. The average molecular weight is 510 g/mol. The summed E-state index contributed by atoms with van der Waals surface area (Å²) in [5.41, 5.74) is 0. The zero-order chi connectivity index (χ0) is 12.9. The normalized spacial score (nSPS) is 7.00. The van der Waals surface area contributed by atoms with E-state index in [2.05, 4.69) is 9.47 Å². The molecule has 0 aromatic rings. The summed E-state index contributed by atoms with van der Waals surface area (Å²) in [6.45, 7) is 0. The summed E-state index contributed by atoms with van der Waals surface area (Å²) in [6, 6.07) is 0. The van der Waals surface area contributed by atoms with E-state index in [9.17, 15) is 28.8 Å². The van der Waals surface area contributed by atoms with Crippen LogP contribution in [-0.4, -0.2) is 93.8 Å². The minimum absolute atomic E-state index is 0. The van der Waals surface area contributed by atoms with E-state index in [1.165, 1.54) is 0 Å². The number of hydrogen-bond acceptors (Lipinski definition) is 10. The van der Waals surface area contributed by atoms with Crippen molar-refractivity contribution >= 4 is 83.6 Å². The molecule has 0 saturated heterocycles. The van der Waals surface area contributed by atoms with E-state index >= 15 is 0 Å². The summed E-state index contributed by atoms with van der Waals surface area (Å²) in [5.74, 6) is -12.7. The van der Waals surface area contributed by atoms with Crippen molar-refractivity contribution in [2.24, 2.45) is 0 Å². The van der Waals surface area contributed by atoms with Crippen molar-refractivity contribution in [1.82, 2.24) is 12.3 Å². The van der Waals surface area contributed by atoms with Crippen molar-refractivity contribution in [3.8, 4) is 0 Å². The van der Waals surface area contributed by atoms with Gasteiger partial charge in [-0.15, -0.1) is 0 Å². The Labute approximate surface area is 144 Å². The van der Waals surface area contributed by atoms with Gasteiger partial charge in [0.15, 0.2) is 0 Å². The molecule has 0 atom stereocenters. The molecule has 114 valence electrons. The molecule has 12 nitrogen and oxygen atoms in total. The molecule has 0 fully saturated rings. The van der Waals surface area contributed by atoms with Gasteiger partial charge in [0.1, 0.15) is 0 Å². The molecule has 0 aromatic heterocycles. The molecule has 0 aliphatic rings. The molecule has 0 spiro atoms. The van der Waals surface area contributed by atoms with Crippen LogP contribution < -0.4 is 12.3 Å². The van der Waals surface area contributed by atoms with Crippen LogP contribution in [0, 0.1) is 0 Å². The molecule has 4 radical (unpaired) electrons. The summed E-state index contributed by atoms with van der Waals surface area (Å²) in [4.78, 5) is 61.1. The Morgan fingerprint density at radius 2 is 0.750 bits per heavy atom. The van der Waals surface area contributed by atoms with Gasteiger partial charge in [-0.3, -0.25) is 0 Å². The number of carboxylic acid groups (broad SMARTS) is 2. The first kappa shape index (κ1) is 31.2. The van der Waals surface area contributed by atoms with Crippen LogP contribution in [0.15, 0.2) is 0 Å². The third-order valence-electron chi connectivity index (χ3n) is 0.887. The van der Waals surface area contributed by atoms with Gasteiger partial charge in [0.05, 0.1) is 0 Å². The Morgan fingerprint density at radius 1 is 0.550 bits per heavy atom. The van der Waals surface area contributed by atoms with E-state index in [0.29, 0.717) is 0 Å². The second-order valence-corrected chi connectivity index (χ2v) is 1.96. The van der Waals surface area contributed by atoms with Crippen LogP contribution in [0.3, 0.4) is 0 Å². The Kier molecular flexibility index (Phi) is 22.1. The third-order valence-corrected chi connectivity index (χ3v) is 0.887. The molecule has 0 aliphatic heterocycles. The van der Waals surface area contributed by atoms with Crippen molar-refractivity contribution in [3.63, 3.8) is 0 Å². The van der Waals surface area contributed by atoms with E-state index in [4.69, 9.17) is 10.2 Å². The molecule has 0 heterocycles. The Bertz CT molecular complexity index is 371. The molecule has 0 aromatic carbocycles. The van der Waals surface area contributed by atoms with Crippen molar-refractivity contribution in [3.05, 3.63) is 0 Å². The number of ether oxygens (including phenoxy) is 2. The average Bonchev–Trinajstić information content (AvgIpc) is 2.16. The fourth-order valence-corrected chi connectivity index (χ4v) is 0.339. The Morgan fingerprint density at radius 3 is 0.900 bits per heavy atom. The first-order valence-corrected chi connectivity index (χ1v) is 3.24. The standard InChI is InChI=1S/C6H2O10.2H3N.2Sn.4H/c7-1(8)3(11)15-5(13)6(14)16-4(12)2(9)10;;;;;;;;/h(H,7,8)(H,9,10);2*1H3;;;;;;. The molecule has 8 N–H and O–H groups in total. The number of aliphatic carboxylic acids is 2. The van der Waals surface area contributed by atoms with Gasteiger partial charge < -0.3 is 32.0 Å². The van der Waals surface area contributed by atoms with Gasteiger partial charge in [-0.2, -0.15) is 0 Å². The molecule has 14 heteroatoms. The van der Waals surface area contributed by atoms with Crippen LogP contribution in [0.5, 0.6) is 0 Å². The van der Waals surface area contributed by atoms with Crippen LogP contribution in [-0.2, 0) is 38.2 Å². The van der Waals surface area contributed by atoms with Gasteiger partial charge in [-0.25, -0.2) is 28.8 Å². The van der Waals surface area contributed by atoms with E-state index < -0.39 is 35.8 Å². The molecular formula is C6H12N2O10Sn2. The molecule has 0 amide bonds. The van der Waals surface area contributed by atoms with E-state index in [-0.39, 0.29) is 60.1 Å². The van der Waals surface area contributed by atoms with Crippen LogP contribution in [0.4, 0.5) is 0 Å². The first-order chi connectivity index (χ1) is 7.25. The van der Waals surface area contributed by atoms with Crippen molar-refractivity contribution in [2.45, 2.75) is 0 Å². The second-order valence-electron chi connectivity index (χ2n) is 1.96. The zero-order valence-electron chi connectivity index (χ0n) is 9.99. The van der Waals surface area contributed by atoms with Crippen LogP contribution >= 0.6 is 0 Å². The molecule has 0 unspecified atom stereocenters. The van der Waals surface area contributed by atoms with Crippen molar-refractivity contribution in [2.75, 3.05) is 0 Å². The summed E-state index contributed by atoms with van der Waals surface area (Å²) in [6.07, 6.45) is 0. The third kappa shape index (κ3) is 11.8. The quantitative estimate of drug-likeness (QED) is 0.105. The van der Waals surface area contributed by atoms with Crippen molar-refractivity contribution < 1.29 is 48.5 Å². The fourth-order valence-electron chi connectivity index (χ4n) is 0.339. The van der Waals surface area contributed by atoms with Gasteiger partial charge in [0, 0.05) is 0 Å². The van der Waals surface area contributed by atoms with Crippen LogP contribution in [0.1, 0.15) is 0 Å². The van der Waals surface area contributed by atoms with E-state index in [1.54, 1.807) is 0 Å². The van der Waals surface area contributed by atoms with Gasteiger partial charge in [0.2, 0.25) is 0 Å². The zero-order valence-corrected chi connectivity index (χ0v) is 18.1. The predicted octanol–water partition coefficient (Wildman–Crippen LogP) is -4.21. The monoisotopic (exact) mass is 512 g/mol. The number of carboxylic acids is 2. The number of carbonyl (C=O) groups excluding carboxylic acids is 4. The molecule has 0 saturated carbocycles. The van der Waals surface area contributed by atoms with Gasteiger partial charge >= 0.3 is 83.6 Å². The van der Waals surface area contributed by atoms with Gasteiger partial charge in [-0.1, -0.05) is 0 Å². The predicted molar refractivity (Wildman–Crippen MR) is 64.6 cm³/mol. The topological polar surface area (TPSA) is 231 Å². The second kappa shape index (κ2) is 14.2. The Balaban J connectivity index is -0.000000187. The summed E-state index contributed by atoms with van der Waals surface area (Å²) >= 11 is 0. The summed E-state index contributed by atoms with van der Waals surface area (Å²) in [7, 11) is 0. The molecular weight excluding hydrogens is 497 g/mol. The molecule has 0 aliphatic carbocycles. The van der Waals surface area contributed by atoms with E-state index in [1.807, 2.05) is 0 Å². The van der Waals surface area contributed by atoms with Gasteiger partial charge in [0.25, 0.3) is 0 Å².